The molecule has 3 aliphatic heterocycles. The van der Waals surface area contributed by atoms with Gasteiger partial charge in [-0.15, -0.1) is 0 Å². The summed E-state index contributed by atoms with van der Waals surface area (Å²) in [5.74, 6) is 3.30. The van der Waals surface area contributed by atoms with Gasteiger partial charge in [0.25, 0.3) is 0 Å². The van der Waals surface area contributed by atoms with Crippen molar-refractivity contribution in [2.45, 2.75) is 51.9 Å². The lowest BCUT2D eigenvalue weighted by Gasteiger charge is -2.37. The van der Waals surface area contributed by atoms with Crippen LogP contribution in [0.2, 0.25) is 0 Å². The smallest absolute Gasteiger partial charge is 0.225 e. The third-order valence-corrected chi connectivity index (χ3v) is 6.46. The Kier molecular flexibility index (Phi) is 5.79. The molecule has 6 nitrogen and oxygen atoms in total. The zero-order valence-electron chi connectivity index (χ0n) is 16.6. The predicted molar refractivity (Wildman–Crippen MR) is 108 cm³/mol. The van der Waals surface area contributed by atoms with Crippen LogP contribution in [-0.2, 0) is 4.79 Å². The number of likely N-dealkylation sites (tertiary alicyclic amines) is 1. The predicted octanol–water partition coefficient (Wildman–Crippen LogP) is 2.94. The highest BCUT2D eigenvalue weighted by Crippen LogP contribution is 2.27. The van der Waals surface area contributed by atoms with E-state index >= 15 is 0 Å². The molecule has 0 unspecified atom stereocenters. The van der Waals surface area contributed by atoms with E-state index in [2.05, 4.69) is 37.7 Å². The Bertz CT molecular complexity index is 637. The minimum absolute atomic E-state index is 0.190. The van der Waals surface area contributed by atoms with Crippen LogP contribution >= 0.6 is 0 Å². The summed E-state index contributed by atoms with van der Waals surface area (Å²) in [6.45, 7) is 8.19. The number of nitrogens with zero attached hydrogens (tertiary/aromatic N) is 5. The number of hydrogen-bond acceptors (Lipinski definition) is 5. The monoisotopic (exact) mass is 371 g/mol. The van der Waals surface area contributed by atoms with Gasteiger partial charge in [-0.1, -0.05) is 6.92 Å². The SMILES string of the molecule is C[C@@H]1CCCN(C(=O)C2CCN(c3cc(N4CCCCC4)ncn3)CC2)C1. The molecule has 148 valence electrons. The maximum absolute atomic E-state index is 12.9. The Labute approximate surface area is 162 Å². The molecule has 4 heterocycles. The van der Waals surface area contributed by atoms with Gasteiger partial charge < -0.3 is 14.7 Å². The molecule has 3 fully saturated rings. The van der Waals surface area contributed by atoms with Crippen LogP contribution in [-0.4, -0.2) is 60.0 Å². The van der Waals surface area contributed by atoms with Crippen molar-refractivity contribution in [1.82, 2.24) is 14.9 Å². The third-order valence-electron chi connectivity index (χ3n) is 6.46. The zero-order valence-corrected chi connectivity index (χ0v) is 16.6. The summed E-state index contributed by atoms with van der Waals surface area (Å²) in [6.07, 6.45) is 9.82. The van der Waals surface area contributed by atoms with Gasteiger partial charge in [-0.25, -0.2) is 9.97 Å². The number of aromatic nitrogens is 2. The molecule has 27 heavy (non-hydrogen) atoms. The number of carbonyl (C=O) groups is 1. The van der Waals surface area contributed by atoms with Gasteiger partial charge in [-0.3, -0.25) is 4.79 Å². The molecule has 0 spiro atoms. The summed E-state index contributed by atoms with van der Waals surface area (Å²) < 4.78 is 0. The summed E-state index contributed by atoms with van der Waals surface area (Å²) in [5.41, 5.74) is 0. The van der Waals surface area contributed by atoms with Crippen LogP contribution in [0.25, 0.3) is 0 Å². The molecule has 3 aliphatic rings. The maximum atomic E-state index is 12.9. The van der Waals surface area contributed by atoms with E-state index in [-0.39, 0.29) is 5.92 Å². The number of piperidine rings is 3. The van der Waals surface area contributed by atoms with Crippen LogP contribution in [0.3, 0.4) is 0 Å². The molecule has 0 saturated carbocycles. The molecule has 0 bridgehead atoms. The Morgan fingerprint density at radius 3 is 2.22 bits per heavy atom. The highest BCUT2D eigenvalue weighted by atomic mass is 16.2. The molecule has 0 radical (unpaired) electrons. The third kappa shape index (κ3) is 4.36. The van der Waals surface area contributed by atoms with Gasteiger partial charge in [0.05, 0.1) is 0 Å². The van der Waals surface area contributed by atoms with Gasteiger partial charge in [0.2, 0.25) is 5.91 Å². The first kappa shape index (κ1) is 18.5. The van der Waals surface area contributed by atoms with E-state index in [4.69, 9.17) is 0 Å². The maximum Gasteiger partial charge on any atom is 0.225 e. The number of amides is 1. The molecule has 4 rings (SSSR count). The van der Waals surface area contributed by atoms with E-state index in [0.717, 1.165) is 70.2 Å². The summed E-state index contributed by atoms with van der Waals surface area (Å²) in [4.78, 5) is 28.7. The molecule has 1 amide bonds. The first-order valence-corrected chi connectivity index (χ1v) is 10.8. The molecule has 1 aromatic rings. The van der Waals surface area contributed by atoms with Gasteiger partial charge >= 0.3 is 0 Å². The van der Waals surface area contributed by atoms with Crippen LogP contribution in [0, 0.1) is 11.8 Å². The van der Waals surface area contributed by atoms with Gasteiger partial charge in [0, 0.05) is 51.3 Å². The molecule has 1 atom stereocenters. The fraction of sp³-hybridized carbons (Fsp3) is 0.762. The second kappa shape index (κ2) is 8.44. The standard InChI is InChI=1S/C21H33N5O/c1-17-6-5-11-26(15-17)21(27)18-7-12-25(13-8-18)20-14-19(22-16-23-20)24-9-3-2-4-10-24/h14,16-18H,2-13,15H2,1H3/t17-/m1/s1. The topological polar surface area (TPSA) is 52.6 Å². The highest BCUT2D eigenvalue weighted by molar-refractivity contribution is 5.79. The second-order valence-corrected chi connectivity index (χ2v) is 8.58. The molecular formula is C21H33N5O. The van der Waals surface area contributed by atoms with Crippen molar-refractivity contribution in [2.24, 2.45) is 11.8 Å². The minimum atomic E-state index is 0.190. The first-order chi connectivity index (χ1) is 13.2. The van der Waals surface area contributed by atoms with Gasteiger partial charge in [0.1, 0.15) is 18.0 Å². The average molecular weight is 372 g/mol. The van der Waals surface area contributed by atoms with Crippen LogP contribution in [0.5, 0.6) is 0 Å². The van der Waals surface area contributed by atoms with Crippen molar-refractivity contribution in [3.63, 3.8) is 0 Å². The van der Waals surface area contributed by atoms with E-state index in [1.54, 1.807) is 6.33 Å². The lowest BCUT2D eigenvalue weighted by molar-refractivity contribution is -0.137. The van der Waals surface area contributed by atoms with E-state index in [0.29, 0.717) is 11.8 Å². The highest BCUT2D eigenvalue weighted by Gasteiger charge is 2.31. The van der Waals surface area contributed by atoms with Crippen LogP contribution in [0.15, 0.2) is 12.4 Å². The van der Waals surface area contributed by atoms with Gasteiger partial charge in [-0.2, -0.15) is 0 Å². The van der Waals surface area contributed by atoms with Crippen molar-refractivity contribution in [2.75, 3.05) is 49.1 Å². The minimum Gasteiger partial charge on any atom is -0.356 e. The van der Waals surface area contributed by atoms with Crippen molar-refractivity contribution in [1.29, 1.82) is 0 Å². The Balaban J connectivity index is 1.34. The van der Waals surface area contributed by atoms with E-state index < -0.39 is 0 Å². The summed E-state index contributed by atoms with van der Waals surface area (Å²) >= 11 is 0. The first-order valence-electron chi connectivity index (χ1n) is 10.8. The second-order valence-electron chi connectivity index (χ2n) is 8.58. The quantitative estimate of drug-likeness (QED) is 0.818. The van der Waals surface area contributed by atoms with E-state index in [9.17, 15) is 4.79 Å². The summed E-state index contributed by atoms with van der Waals surface area (Å²) in [5, 5.41) is 0. The number of carbonyl (C=O) groups excluding carboxylic acids is 1. The van der Waals surface area contributed by atoms with Gasteiger partial charge in [-0.05, 0) is 50.9 Å². The van der Waals surface area contributed by atoms with Crippen LogP contribution in [0.4, 0.5) is 11.6 Å². The fourth-order valence-electron chi connectivity index (χ4n) is 4.81. The van der Waals surface area contributed by atoms with Crippen molar-refractivity contribution >= 4 is 17.5 Å². The van der Waals surface area contributed by atoms with E-state index in [1.807, 2.05) is 0 Å². The fourth-order valence-corrected chi connectivity index (χ4v) is 4.81. The largest absolute Gasteiger partial charge is 0.356 e. The molecule has 0 aromatic carbocycles. The Morgan fingerprint density at radius 1 is 0.889 bits per heavy atom. The molecule has 3 saturated heterocycles. The van der Waals surface area contributed by atoms with Crippen LogP contribution < -0.4 is 9.80 Å². The number of anilines is 2. The average Bonchev–Trinajstić information content (AvgIpc) is 2.74. The number of hydrogen-bond donors (Lipinski definition) is 0. The van der Waals surface area contributed by atoms with Gasteiger partial charge in [0.15, 0.2) is 0 Å². The van der Waals surface area contributed by atoms with Crippen molar-refractivity contribution in [3.05, 3.63) is 12.4 Å². The molecule has 6 heteroatoms. The Morgan fingerprint density at radius 2 is 1.56 bits per heavy atom. The molecule has 0 aliphatic carbocycles. The van der Waals surface area contributed by atoms with Crippen LogP contribution in [0.1, 0.15) is 51.9 Å². The normalized spacial score (nSPS) is 24.9. The lowest BCUT2D eigenvalue weighted by atomic mass is 9.93. The lowest BCUT2D eigenvalue weighted by Crippen LogP contribution is -2.46. The summed E-state index contributed by atoms with van der Waals surface area (Å²) in [6, 6.07) is 2.14. The van der Waals surface area contributed by atoms with Crippen molar-refractivity contribution in [3.8, 4) is 0 Å². The zero-order chi connectivity index (χ0) is 18.6. The van der Waals surface area contributed by atoms with Crippen molar-refractivity contribution < 1.29 is 4.79 Å². The molecule has 1 aromatic heterocycles. The molecule has 0 N–H and O–H groups in total. The van der Waals surface area contributed by atoms with E-state index in [1.165, 1.54) is 25.7 Å². The molecular weight excluding hydrogens is 338 g/mol. The number of rotatable bonds is 3. The Hall–Kier alpha value is -1.85. The summed E-state index contributed by atoms with van der Waals surface area (Å²) in [7, 11) is 0.